The Morgan fingerprint density at radius 1 is 0.562 bits per heavy atom. The molecule has 9 heteroatoms. The zero-order valence-corrected chi connectivity index (χ0v) is 30.5. The SMILES string of the molecule is CC/C=C\C/C=C\C/C=C\C/C=C\C/C=C\CCCC(=O)OC(COC(=O)CCCCCCC/C=C\C/C=C\CCC)COP(=O)(O)O. The number of phosphoric ester groups is 1. The fourth-order valence-electron chi connectivity index (χ4n) is 4.27. The first-order chi connectivity index (χ1) is 23.3. The third kappa shape index (κ3) is 36.1. The second kappa shape index (κ2) is 34.1. The topological polar surface area (TPSA) is 119 Å². The molecule has 0 spiro atoms. The summed E-state index contributed by atoms with van der Waals surface area (Å²) < 4.78 is 26.2. The summed E-state index contributed by atoms with van der Waals surface area (Å²) in [7, 11) is -4.77. The number of phosphoric acid groups is 1. The molecule has 0 saturated heterocycles. The minimum atomic E-state index is -4.77. The lowest BCUT2D eigenvalue weighted by atomic mass is 10.1. The van der Waals surface area contributed by atoms with Gasteiger partial charge in [0.25, 0.3) is 0 Å². The zero-order valence-electron chi connectivity index (χ0n) is 29.6. The standard InChI is InChI=1S/C39H63O8P/c1-3-5-7-9-11-13-15-17-18-19-20-22-24-26-28-30-32-34-39(41)47-37(36-46-48(42,43)44)35-45-38(40)33-31-29-27-25-23-21-16-14-12-10-8-6-4-2/h5,7-8,10-11,13-14,16-18,20,22,26,28,37H,3-4,6,9,12,15,19,21,23-25,27,29-36H2,1-2H3,(H2,42,43,44)/b7-5-,10-8-,13-11-,16-14-,18-17-,22-20-,28-26-. The van der Waals surface area contributed by atoms with E-state index in [0.29, 0.717) is 19.3 Å². The van der Waals surface area contributed by atoms with Crippen molar-refractivity contribution in [3.05, 3.63) is 85.1 Å². The van der Waals surface area contributed by atoms with E-state index in [1.165, 1.54) is 6.42 Å². The minimum Gasteiger partial charge on any atom is -0.462 e. The van der Waals surface area contributed by atoms with Gasteiger partial charge in [-0.1, -0.05) is 125 Å². The van der Waals surface area contributed by atoms with Crippen molar-refractivity contribution in [2.45, 2.75) is 136 Å². The molecule has 0 aliphatic rings. The highest BCUT2D eigenvalue weighted by Gasteiger charge is 2.22. The third-order valence-electron chi connectivity index (χ3n) is 6.88. The van der Waals surface area contributed by atoms with Gasteiger partial charge in [-0.15, -0.1) is 0 Å². The summed E-state index contributed by atoms with van der Waals surface area (Å²) >= 11 is 0. The van der Waals surface area contributed by atoms with Crippen molar-refractivity contribution >= 4 is 19.8 Å². The van der Waals surface area contributed by atoms with Crippen LogP contribution in [-0.4, -0.2) is 41.0 Å². The van der Waals surface area contributed by atoms with Gasteiger partial charge < -0.3 is 19.3 Å². The molecule has 0 aromatic heterocycles. The van der Waals surface area contributed by atoms with E-state index in [-0.39, 0.29) is 19.4 Å². The molecule has 1 unspecified atom stereocenters. The van der Waals surface area contributed by atoms with E-state index >= 15 is 0 Å². The molecule has 0 amide bonds. The van der Waals surface area contributed by atoms with Gasteiger partial charge in [-0.05, 0) is 77.0 Å². The number of carbonyl (C=O) groups excluding carboxylic acids is 2. The van der Waals surface area contributed by atoms with Crippen molar-refractivity contribution in [2.24, 2.45) is 0 Å². The Balaban J connectivity index is 4.15. The molecular weight excluding hydrogens is 627 g/mol. The van der Waals surface area contributed by atoms with Crippen molar-refractivity contribution in [3.8, 4) is 0 Å². The average molecular weight is 691 g/mol. The van der Waals surface area contributed by atoms with Crippen LogP contribution in [-0.2, 0) is 28.2 Å². The average Bonchev–Trinajstić information content (AvgIpc) is 3.05. The van der Waals surface area contributed by atoms with Crippen LogP contribution >= 0.6 is 7.82 Å². The quantitative estimate of drug-likeness (QED) is 0.0319. The van der Waals surface area contributed by atoms with Gasteiger partial charge in [0, 0.05) is 12.8 Å². The van der Waals surface area contributed by atoms with Crippen LogP contribution in [0.4, 0.5) is 0 Å². The Kier molecular flexibility index (Phi) is 32.1. The van der Waals surface area contributed by atoms with Gasteiger partial charge >= 0.3 is 19.8 Å². The van der Waals surface area contributed by atoms with Gasteiger partial charge in [0.1, 0.15) is 6.61 Å². The number of esters is 2. The lowest BCUT2D eigenvalue weighted by Gasteiger charge is -2.18. The Morgan fingerprint density at radius 2 is 1.02 bits per heavy atom. The molecule has 0 fully saturated rings. The molecule has 8 nitrogen and oxygen atoms in total. The first-order valence-corrected chi connectivity index (χ1v) is 19.4. The number of hydrogen-bond acceptors (Lipinski definition) is 6. The first kappa shape index (κ1) is 45.2. The Hall–Kier alpha value is -2.77. The highest BCUT2D eigenvalue weighted by atomic mass is 31.2. The maximum atomic E-state index is 12.3. The number of carbonyl (C=O) groups is 2. The summed E-state index contributed by atoms with van der Waals surface area (Å²) in [5.74, 6) is -0.981. The van der Waals surface area contributed by atoms with Gasteiger partial charge in [0.05, 0.1) is 6.61 Å². The second-order valence-corrected chi connectivity index (χ2v) is 12.7. The van der Waals surface area contributed by atoms with Crippen LogP contribution in [0.25, 0.3) is 0 Å². The van der Waals surface area contributed by atoms with Crippen LogP contribution in [0.2, 0.25) is 0 Å². The van der Waals surface area contributed by atoms with Crippen LogP contribution in [0, 0.1) is 0 Å². The molecule has 0 heterocycles. The van der Waals surface area contributed by atoms with Crippen molar-refractivity contribution in [3.63, 3.8) is 0 Å². The van der Waals surface area contributed by atoms with Crippen LogP contribution in [0.1, 0.15) is 129 Å². The molecule has 0 rings (SSSR count). The lowest BCUT2D eigenvalue weighted by molar-refractivity contribution is -0.161. The fraction of sp³-hybridized carbons (Fsp3) is 0.590. The second-order valence-electron chi connectivity index (χ2n) is 11.5. The molecule has 0 aromatic carbocycles. The fourth-order valence-corrected chi connectivity index (χ4v) is 4.63. The minimum absolute atomic E-state index is 0.125. The normalized spacial score (nSPS) is 13.5. The maximum absolute atomic E-state index is 12.3. The maximum Gasteiger partial charge on any atom is 0.469 e. The number of hydrogen-bond donors (Lipinski definition) is 2. The van der Waals surface area contributed by atoms with E-state index in [2.05, 4.69) is 91.3 Å². The van der Waals surface area contributed by atoms with Crippen LogP contribution in [0.3, 0.4) is 0 Å². The smallest absolute Gasteiger partial charge is 0.462 e. The van der Waals surface area contributed by atoms with Gasteiger partial charge in [0.2, 0.25) is 0 Å². The van der Waals surface area contributed by atoms with E-state index in [1.54, 1.807) is 0 Å². The number of ether oxygens (including phenoxy) is 2. The summed E-state index contributed by atoms with van der Waals surface area (Å²) in [4.78, 5) is 42.6. The highest BCUT2D eigenvalue weighted by molar-refractivity contribution is 7.46. The van der Waals surface area contributed by atoms with Crippen LogP contribution in [0.15, 0.2) is 85.1 Å². The van der Waals surface area contributed by atoms with Crippen molar-refractivity contribution < 1.29 is 37.9 Å². The van der Waals surface area contributed by atoms with Gasteiger partial charge in [0.15, 0.2) is 6.10 Å². The third-order valence-corrected chi connectivity index (χ3v) is 7.36. The van der Waals surface area contributed by atoms with Gasteiger partial charge in [-0.3, -0.25) is 14.1 Å². The molecule has 48 heavy (non-hydrogen) atoms. The number of unbranched alkanes of at least 4 members (excludes halogenated alkanes) is 7. The van der Waals surface area contributed by atoms with E-state index in [9.17, 15) is 14.2 Å². The molecule has 272 valence electrons. The Bertz CT molecular complexity index is 1050. The first-order valence-electron chi connectivity index (χ1n) is 17.9. The summed E-state index contributed by atoms with van der Waals surface area (Å²) in [5, 5.41) is 0. The molecular formula is C39H63O8P. The zero-order chi connectivity index (χ0) is 35.4. The summed E-state index contributed by atoms with van der Waals surface area (Å²) in [6.45, 7) is 3.41. The summed E-state index contributed by atoms with van der Waals surface area (Å²) in [5.41, 5.74) is 0. The highest BCUT2D eigenvalue weighted by Crippen LogP contribution is 2.35. The summed E-state index contributed by atoms with van der Waals surface area (Å²) in [6.07, 6.45) is 44.5. The van der Waals surface area contributed by atoms with Crippen molar-refractivity contribution in [2.75, 3.05) is 13.2 Å². The lowest BCUT2D eigenvalue weighted by Crippen LogP contribution is -2.29. The Morgan fingerprint density at radius 3 is 1.56 bits per heavy atom. The van der Waals surface area contributed by atoms with Crippen LogP contribution < -0.4 is 0 Å². The van der Waals surface area contributed by atoms with Gasteiger partial charge in [-0.2, -0.15) is 0 Å². The molecule has 1 atom stereocenters. The van der Waals surface area contributed by atoms with E-state index < -0.39 is 32.5 Å². The molecule has 0 aliphatic carbocycles. The van der Waals surface area contributed by atoms with Crippen molar-refractivity contribution in [1.82, 2.24) is 0 Å². The molecule has 0 aromatic rings. The molecule has 0 saturated carbocycles. The molecule has 0 aliphatic heterocycles. The molecule has 2 N–H and O–H groups in total. The predicted octanol–water partition coefficient (Wildman–Crippen LogP) is 10.5. The van der Waals surface area contributed by atoms with E-state index in [0.717, 1.165) is 77.0 Å². The van der Waals surface area contributed by atoms with Gasteiger partial charge in [-0.25, -0.2) is 4.57 Å². The molecule has 0 bridgehead atoms. The predicted molar refractivity (Wildman–Crippen MR) is 197 cm³/mol. The van der Waals surface area contributed by atoms with E-state index in [1.807, 2.05) is 12.2 Å². The molecule has 0 radical (unpaired) electrons. The van der Waals surface area contributed by atoms with Crippen LogP contribution in [0.5, 0.6) is 0 Å². The largest absolute Gasteiger partial charge is 0.469 e. The number of rotatable bonds is 31. The summed E-state index contributed by atoms with van der Waals surface area (Å²) in [6, 6.07) is 0. The Labute approximate surface area is 291 Å². The van der Waals surface area contributed by atoms with E-state index in [4.69, 9.17) is 19.3 Å². The van der Waals surface area contributed by atoms with Crippen molar-refractivity contribution in [1.29, 1.82) is 0 Å². The monoisotopic (exact) mass is 690 g/mol. The number of allylic oxidation sites excluding steroid dienone is 14.